The topological polar surface area (TPSA) is 37.3 Å². The van der Waals surface area contributed by atoms with E-state index in [9.17, 15) is 4.79 Å². The lowest BCUT2D eigenvalue weighted by molar-refractivity contribution is 0.0697. The largest absolute Gasteiger partial charge is 0.478 e. The first-order valence-electron chi connectivity index (χ1n) is 4.47. The normalized spacial score (nSPS) is 12.5. The number of carbonyl (C=O) groups is 1. The van der Waals surface area contributed by atoms with Gasteiger partial charge in [0, 0.05) is 10.3 Å². The molecule has 1 unspecified atom stereocenters. The predicted octanol–water partition coefficient (Wildman–Crippen LogP) is 4.20. The molecule has 0 heterocycles. The number of carboxylic acids is 1. The molecule has 1 N–H and O–H groups in total. The fourth-order valence-corrected chi connectivity index (χ4v) is 2.35. The van der Waals surface area contributed by atoms with Crippen LogP contribution >= 0.6 is 45.7 Å². The van der Waals surface area contributed by atoms with Gasteiger partial charge in [0.1, 0.15) is 0 Å². The van der Waals surface area contributed by atoms with Crippen LogP contribution in [0.4, 0.5) is 0 Å². The van der Waals surface area contributed by atoms with E-state index in [-0.39, 0.29) is 15.8 Å². The van der Waals surface area contributed by atoms with E-state index in [0.29, 0.717) is 17.0 Å². The molecule has 0 aliphatic heterocycles. The van der Waals surface area contributed by atoms with Crippen LogP contribution in [-0.2, 0) is 6.42 Å². The van der Waals surface area contributed by atoms with Gasteiger partial charge in [0.15, 0.2) is 0 Å². The molecule has 0 aromatic heterocycles. The Morgan fingerprint density at radius 2 is 2.19 bits per heavy atom. The molecule has 88 valence electrons. The highest BCUT2D eigenvalue weighted by Crippen LogP contribution is 2.31. The van der Waals surface area contributed by atoms with Gasteiger partial charge in [-0.1, -0.05) is 40.9 Å². The molecule has 0 saturated carbocycles. The summed E-state index contributed by atoms with van der Waals surface area (Å²) in [6.45, 7) is 1.97. The quantitative estimate of drug-likeness (QED) is 0.646. The maximum atomic E-state index is 10.9. The summed E-state index contributed by atoms with van der Waals surface area (Å²) in [6, 6.07) is 2.97. The number of rotatable bonds is 4. The highest BCUT2D eigenvalue weighted by molar-refractivity contribution is 8.68. The number of halogens is 2. The molecule has 0 saturated heterocycles. The third-order valence-corrected chi connectivity index (χ3v) is 4.48. The molecule has 6 heteroatoms. The van der Waals surface area contributed by atoms with Crippen LogP contribution in [0.25, 0.3) is 0 Å². The Kier molecular flexibility index (Phi) is 5.31. The average molecular weight is 297 g/mol. The van der Waals surface area contributed by atoms with E-state index in [1.165, 1.54) is 16.9 Å². The summed E-state index contributed by atoms with van der Waals surface area (Å²) < 4.78 is 0. The van der Waals surface area contributed by atoms with Crippen LogP contribution in [0.5, 0.6) is 0 Å². The van der Waals surface area contributed by atoms with Gasteiger partial charge >= 0.3 is 5.97 Å². The molecule has 0 radical (unpaired) electrons. The lowest BCUT2D eigenvalue weighted by Crippen LogP contribution is -2.05. The Bertz CT molecular complexity index is 410. The highest BCUT2D eigenvalue weighted by atomic mass is 35.5. The maximum absolute atomic E-state index is 10.9. The van der Waals surface area contributed by atoms with Crippen LogP contribution in [0.15, 0.2) is 12.1 Å². The molecule has 0 aliphatic carbocycles. The molecule has 16 heavy (non-hydrogen) atoms. The van der Waals surface area contributed by atoms with Crippen LogP contribution in [0.3, 0.4) is 0 Å². The van der Waals surface area contributed by atoms with E-state index in [4.69, 9.17) is 28.3 Å². The van der Waals surface area contributed by atoms with Gasteiger partial charge in [-0.15, -0.1) is 11.7 Å². The van der Waals surface area contributed by atoms with Crippen molar-refractivity contribution in [2.45, 2.75) is 18.6 Å². The Morgan fingerprint density at radius 3 is 2.69 bits per heavy atom. The lowest BCUT2D eigenvalue weighted by atomic mass is 10.1. The molecule has 1 aromatic rings. The van der Waals surface area contributed by atoms with Crippen molar-refractivity contribution in [1.29, 1.82) is 0 Å². The molecule has 0 fully saturated rings. The second-order valence-corrected chi connectivity index (χ2v) is 5.75. The second kappa shape index (κ2) is 6.05. The molecule has 0 spiro atoms. The van der Waals surface area contributed by atoms with Crippen molar-refractivity contribution in [2.24, 2.45) is 0 Å². The SMILES string of the molecule is CC(Cc1c(Cl)ccc(C(=O)O)c1Cl)SS. The lowest BCUT2D eigenvalue weighted by Gasteiger charge is -2.12. The molecule has 0 bridgehead atoms. The van der Waals surface area contributed by atoms with Crippen molar-refractivity contribution in [2.75, 3.05) is 0 Å². The monoisotopic (exact) mass is 296 g/mol. The van der Waals surface area contributed by atoms with E-state index in [2.05, 4.69) is 11.7 Å². The second-order valence-electron chi connectivity index (χ2n) is 3.31. The zero-order valence-corrected chi connectivity index (χ0v) is 11.6. The van der Waals surface area contributed by atoms with Crippen molar-refractivity contribution in [3.63, 3.8) is 0 Å². The van der Waals surface area contributed by atoms with E-state index >= 15 is 0 Å². The van der Waals surface area contributed by atoms with Gasteiger partial charge in [-0.05, 0) is 24.1 Å². The van der Waals surface area contributed by atoms with Gasteiger partial charge < -0.3 is 5.11 Å². The number of hydrogen-bond acceptors (Lipinski definition) is 3. The van der Waals surface area contributed by atoms with E-state index in [1.807, 2.05) is 6.92 Å². The zero-order chi connectivity index (χ0) is 12.3. The van der Waals surface area contributed by atoms with Crippen molar-refractivity contribution in [3.8, 4) is 0 Å². The van der Waals surface area contributed by atoms with Crippen LogP contribution < -0.4 is 0 Å². The maximum Gasteiger partial charge on any atom is 0.337 e. The third-order valence-electron chi connectivity index (χ3n) is 2.09. The van der Waals surface area contributed by atoms with Gasteiger partial charge in [0.2, 0.25) is 0 Å². The van der Waals surface area contributed by atoms with Crippen molar-refractivity contribution in [1.82, 2.24) is 0 Å². The standard InChI is InChI=1S/C10H10Cl2O2S2/c1-5(16-15)4-7-8(11)3-2-6(9(7)12)10(13)14/h2-3,5,15H,4H2,1H3,(H,13,14). The molecular formula is C10H10Cl2O2S2. The first-order valence-corrected chi connectivity index (χ1v) is 7.16. The Morgan fingerprint density at radius 1 is 1.56 bits per heavy atom. The number of carboxylic acid groups (broad SMARTS) is 1. The summed E-state index contributed by atoms with van der Waals surface area (Å²) in [5, 5.41) is 9.84. The number of aromatic carboxylic acids is 1. The summed E-state index contributed by atoms with van der Waals surface area (Å²) >= 11 is 16.1. The fourth-order valence-electron chi connectivity index (χ4n) is 1.27. The van der Waals surface area contributed by atoms with Crippen LogP contribution in [0, 0.1) is 0 Å². The summed E-state index contributed by atoms with van der Waals surface area (Å²) in [7, 11) is 1.38. The number of hydrogen-bond donors (Lipinski definition) is 2. The summed E-state index contributed by atoms with van der Waals surface area (Å²) in [5.41, 5.74) is 0.745. The molecule has 1 aromatic carbocycles. The summed E-state index contributed by atoms with van der Waals surface area (Å²) in [5.74, 6) is -1.05. The molecule has 0 amide bonds. The summed E-state index contributed by atoms with van der Waals surface area (Å²) in [4.78, 5) is 10.9. The van der Waals surface area contributed by atoms with E-state index in [1.54, 1.807) is 6.07 Å². The minimum atomic E-state index is -1.05. The van der Waals surface area contributed by atoms with Gasteiger partial charge in [-0.2, -0.15) is 0 Å². The van der Waals surface area contributed by atoms with Gasteiger partial charge in [-0.25, -0.2) is 4.79 Å². The summed E-state index contributed by atoms with van der Waals surface area (Å²) in [6.07, 6.45) is 0.590. The minimum Gasteiger partial charge on any atom is -0.478 e. The molecule has 1 atom stereocenters. The predicted molar refractivity (Wildman–Crippen MR) is 73.2 cm³/mol. The minimum absolute atomic E-state index is 0.0810. The zero-order valence-electron chi connectivity index (χ0n) is 8.41. The van der Waals surface area contributed by atoms with Crippen LogP contribution in [0.2, 0.25) is 10.0 Å². The third kappa shape index (κ3) is 3.23. The Hall–Kier alpha value is -0.0300. The molecule has 1 rings (SSSR count). The Labute approximate surface area is 113 Å². The first-order chi connectivity index (χ1) is 7.47. The van der Waals surface area contributed by atoms with Crippen molar-refractivity contribution < 1.29 is 9.90 Å². The smallest absolute Gasteiger partial charge is 0.337 e. The number of thiol groups is 1. The van der Waals surface area contributed by atoms with E-state index < -0.39 is 5.97 Å². The average Bonchev–Trinajstić information content (AvgIpc) is 2.23. The molecule has 2 nitrogen and oxygen atoms in total. The van der Waals surface area contributed by atoms with Gasteiger partial charge in [-0.3, -0.25) is 0 Å². The highest BCUT2D eigenvalue weighted by Gasteiger charge is 2.17. The number of benzene rings is 1. The van der Waals surface area contributed by atoms with Gasteiger partial charge in [0.25, 0.3) is 0 Å². The van der Waals surface area contributed by atoms with Crippen molar-refractivity contribution in [3.05, 3.63) is 33.3 Å². The van der Waals surface area contributed by atoms with Crippen molar-refractivity contribution >= 4 is 51.6 Å². The van der Waals surface area contributed by atoms with Gasteiger partial charge in [0.05, 0.1) is 10.6 Å². The Balaban J connectivity index is 3.16. The molecular weight excluding hydrogens is 287 g/mol. The molecule has 0 aliphatic rings. The first kappa shape index (κ1) is 14.0. The fraction of sp³-hybridized carbons (Fsp3) is 0.300. The van der Waals surface area contributed by atoms with E-state index in [0.717, 1.165) is 0 Å². The van der Waals surface area contributed by atoms with Crippen LogP contribution in [0.1, 0.15) is 22.8 Å². The van der Waals surface area contributed by atoms with Crippen LogP contribution in [-0.4, -0.2) is 16.3 Å².